The molecule has 0 radical (unpaired) electrons. The summed E-state index contributed by atoms with van der Waals surface area (Å²) in [6.07, 6.45) is 2.45. The third kappa shape index (κ3) is 4.64. The number of carbonyl (C=O) groups is 1. The summed E-state index contributed by atoms with van der Waals surface area (Å²) in [5, 5.41) is 3.26. The first-order chi connectivity index (χ1) is 9.61. The standard InChI is InChI=1S/C15H20F2N2O.ClH/c1-2-19(15(20)9-11-5-4-8-18-11)10-12-13(16)6-3-7-14(12)17;/h3,6-7,11,18H,2,4-5,8-10H2,1H3;1H. The highest BCUT2D eigenvalue weighted by molar-refractivity contribution is 5.85. The molecule has 118 valence electrons. The van der Waals surface area contributed by atoms with Gasteiger partial charge in [-0.2, -0.15) is 0 Å². The van der Waals surface area contributed by atoms with Crippen LogP contribution in [0.15, 0.2) is 18.2 Å². The van der Waals surface area contributed by atoms with Crippen molar-refractivity contribution in [2.24, 2.45) is 0 Å². The van der Waals surface area contributed by atoms with E-state index in [4.69, 9.17) is 0 Å². The first kappa shape index (κ1) is 17.9. The Morgan fingerprint density at radius 1 is 1.38 bits per heavy atom. The molecule has 0 aromatic heterocycles. The zero-order chi connectivity index (χ0) is 14.5. The molecular weight excluding hydrogens is 298 g/mol. The van der Waals surface area contributed by atoms with E-state index in [0.717, 1.165) is 19.4 Å². The molecule has 3 nitrogen and oxygen atoms in total. The molecule has 1 aliphatic rings. The maximum Gasteiger partial charge on any atom is 0.224 e. The molecule has 21 heavy (non-hydrogen) atoms. The van der Waals surface area contributed by atoms with Crippen LogP contribution in [0.4, 0.5) is 8.78 Å². The van der Waals surface area contributed by atoms with E-state index >= 15 is 0 Å². The van der Waals surface area contributed by atoms with Gasteiger partial charge < -0.3 is 10.2 Å². The van der Waals surface area contributed by atoms with Crippen LogP contribution < -0.4 is 5.32 Å². The maximum atomic E-state index is 13.6. The summed E-state index contributed by atoms with van der Waals surface area (Å²) in [6.45, 7) is 3.19. The van der Waals surface area contributed by atoms with E-state index in [2.05, 4.69) is 5.32 Å². The maximum absolute atomic E-state index is 13.6. The fourth-order valence-corrected chi connectivity index (χ4v) is 2.52. The molecule has 0 spiro atoms. The largest absolute Gasteiger partial charge is 0.338 e. The highest BCUT2D eigenvalue weighted by Crippen LogP contribution is 2.16. The van der Waals surface area contributed by atoms with Gasteiger partial charge in [0, 0.05) is 24.6 Å². The van der Waals surface area contributed by atoms with E-state index in [9.17, 15) is 13.6 Å². The van der Waals surface area contributed by atoms with Crippen LogP contribution in [-0.2, 0) is 11.3 Å². The lowest BCUT2D eigenvalue weighted by atomic mass is 10.1. The average Bonchev–Trinajstić information content (AvgIpc) is 2.91. The van der Waals surface area contributed by atoms with Gasteiger partial charge in [0.1, 0.15) is 11.6 Å². The number of halogens is 3. The quantitative estimate of drug-likeness (QED) is 0.905. The third-order valence-electron chi connectivity index (χ3n) is 3.73. The molecule has 1 fully saturated rings. The summed E-state index contributed by atoms with van der Waals surface area (Å²) in [5.41, 5.74) is -0.0397. The fraction of sp³-hybridized carbons (Fsp3) is 0.533. The second-order valence-corrected chi connectivity index (χ2v) is 5.11. The van der Waals surface area contributed by atoms with Gasteiger partial charge in [-0.15, -0.1) is 12.4 Å². The molecular formula is C15H21ClF2N2O. The van der Waals surface area contributed by atoms with Crippen molar-refractivity contribution in [1.82, 2.24) is 10.2 Å². The molecule has 1 atom stereocenters. The zero-order valence-corrected chi connectivity index (χ0v) is 12.9. The number of hydrogen-bond donors (Lipinski definition) is 1. The van der Waals surface area contributed by atoms with Gasteiger partial charge in [-0.3, -0.25) is 4.79 Å². The van der Waals surface area contributed by atoms with Crippen molar-refractivity contribution in [3.05, 3.63) is 35.4 Å². The minimum atomic E-state index is -0.602. The number of carbonyl (C=O) groups excluding carboxylic acids is 1. The Morgan fingerprint density at radius 3 is 2.57 bits per heavy atom. The SMILES string of the molecule is CCN(Cc1c(F)cccc1F)C(=O)CC1CCCN1.Cl. The second-order valence-electron chi connectivity index (χ2n) is 5.11. The number of benzene rings is 1. The van der Waals surface area contributed by atoms with Crippen LogP contribution in [0.3, 0.4) is 0 Å². The van der Waals surface area contributed by atoms with E-state index in [1.807, 2.05) is 6.92 Å². The minimum Gasteiger partial charge on any atom is -0.338 e. The summed E-state index contributed by atoms with van der Waals surface area (Å²) < 4.78 is 27.3. The molecule has 1 aliphatic heterocycles. The van der Waals surface area contributed by atoms with Gasteiger partial charge in [0.25, 0.3) is 0 Å². The molecule has 0 saturated carbocycles. The van der Waals surface area contributed by atoms with Crippen LogP contribution in [0.1, 0.15) is 31.7 Å². The van der Waals surface area contributed by atoms with Crippen molar-refractivity contribution in [3.8, 4) is 0 Å². The monoisotopic (exact) mass is 318 g/mol. The van der Waals surface area contributed by atoms with Crippen LogP contribution in [-0.4, -0.2) is 29.9 Å². The van der Waals surface area contributed by atoms with Crippen LogP contribution >= 0.6 is 12.4 Å². The number of hydrogen-bond acceptors (Lipinski definition) is 2. The van der Waals surface area contributed by atoms with E-state index in [-0.39, 0.29) is 36.5 Å². The number of amides is 1. The molecule has 0 aliphatic carbocycles. The van der Waals surface area contributed by atoms with Gasteiger partial charge in [-0.1, -0.05) is 6.07 Å². The lowest BCUT2D eigenvalue weighted by molar-refractivity contribution is -0.132. The first-order valence-corrected chi connectivity index (χ1v) is 7.06. The zero-order valence-electron chi connectivity index (χ0n) is 12.1. The second kappa shape index (κ2) is 8.29. The molecule has 1 aromatic carbocycles. The van der Waals surface area contributed by atoms with E-state index < -0.39 is 11.6 Å². The fourth-order valence-electron chi connectivity index (χ4n) is 2.52. The van der Waals surface area contributed by atoms with Crippen molar-refractivity contribution < 1.29 is 13.6 Å². The highest BCUT2D eigenvalue weighted by Gasteiger charge is 2.22. The summed E-state index contributed by atoms with van der Waals surface area (Å²) in [5.74, 6) is -1.26. The summed E-state index contributed by atoms with van der Waals surface area (Å²) >= 11 is 0. The van der Waals surface area contributed by atoms with Crippen LogP contribution in [0, 0.1) is 11.6 Å². The number of nitrogens with zero attached hydrogens (tertiary/aromatic N) is 1. The average molecular weight is 319 g/mol. The third-order valence-corrected chi connectivity index (χ3v) is 3.73. The number of rotatable bonds is 5. The van der Waals surface area contributed by atoms with Crippen molar-refractivity contribution >= 4 is 18.3 Å². The lowest BCUT2D eigenvalue weighted by Crippen LogP contribution is -2.35. The summed E-state index contributed by atoms with van der Waals surface area (Å²) in [6, 6.07) is 3.96. The molecule has 0 bridgehead atoms. The Labute approximate surface area is 130 Å². The van der Waals surface area contributed by atoms with Gasteiger partial charge in [0.15, 0.2) is 0 Å². The van der Waals surface area contributed by atoms with Crippen molar-refractivity contribution in [2.45, 2.75) is 38.8 Å². The Kier molecular flexibility index (Phi) is 7.05. The van der Waals surface area contributed by atoms with Gasteiger partial charge in [-0.25, -0.2) is 8.78 Å². The molecule has 1 aromatic rings. The predicted molar refractivity (Wildman–Crippen MR) is 80.3 cm³/mol. The molecule has 6 heteroatoms. The first-order valence-electron chi connectivity index (χ1n) is 7.06. The number of nitrogens with one attached hydrogen (secondary N) is 1. The normalized spacial score (nSPS) is 17.4. The Hall–Kier alpha value is -1.20. The van der Waals surface area contributed by atoms with Crippen molar-refractivity contribution in [2.75, 3.05) is 13.1 Å². The van der Waals surface area contributed by atoms with Crippen LogP contribution in [0.5, 0.6) is 0 Å². The Bertz CT molecular complexity index is 458. The smallest absolute Gasteiger partial charge is 0.224 e. The molecule has 1 N–H and O–H groups in total. The highest BCUT2D eigenvalue weighted by atomic mass is 35.5. The summed E-state index contributed by atoms with van der Waals surface area (Å²) in [7, 11) is 0. The topological polar surface area (TPSA) is 32.3 Å². The molecule has 2 rings (SSSR count). The predicted octanol–water partition coefficient (Wildman–Crippen LogP) is 2.88. The van der Waals surface area contributed by atoms with Gasteiger partial charge >= 0.3 is 0 Å². The van der Waals surface area contributed by atoms with E-state index in [1.165, 1.54) is 23.1 Å². The van der Waals surface area contributed by atoms with Gasteiger partial charge in [-0.05, 0) is 38.4 Å². The van der Waals surface area contributed by atoms with Crippen LogP contribution in [0.2, 0.25) is 0 Å². The molecule has 1 unspecified atom stereocenters. The molecule has 1 amide bonds. The van der Waals surface area contributed by atoms with Gasteiger partial charge in [0.05, 0.1) is 6.54 Å². The Morgan fingerprint density at radius 2 is 2.05 bits per heavy atom. The summed E-state index contributed by atoms with van der Waals surface area (Å²) in [4.78, 5) is 13.7. The lowest BCUT2D eigenvalue weighted by Gasteiger charge is -2.23. The van der Waals surface area contributed by atoms with E-state index in [1.54, 1.807) is 0 Å². The van der Waals surface area contributed by atoms with E-state index in [0.29, 0.717) is 13.0 Å². The molecule has 1 saturated heterocycles. The molecule has 1 heterocycles. The Balaban J connectivity index is 0.00000220. The van der Waals surface area contributed by atoms with Crippen molar-refractivity contribution in [3.63, 3.8) is 0 Å². The minimum absolute atomic E-state index is 0. The van der Waals surface area contributed by atoms with Crippen molar-refractivity contribution in [1.29, 1.82) is 0 Å². The van der Waals surface area contributed by atoms with Gasteiger partial charge in [0.2, 0.25) is 5.91 Å². The van der Waals surface area contributed by atoms with Crippen LogP contribution in [0.25, 0.3) is 0 Å².